The van der Waals surface area contributed by atoms with Crippen molar-refractivity contribution in [2.75, 3.05) is 6.61 Å². The molecule has 0 N–H and O–H groups in total. The van der Waals surface area contributed by atoms with Gasteiger partial charge in [0, 0.05) is 12.4 Å². The number of nitrogens with zero attached hydrogens (tertiary/aromatic N) is 3. The first-order valence-electron chi connectivity index (χ1n) is 4.43. The summed E-state index contributed by atoms with van der Waals surface area (Å²) in [6.07, 6.45) is 5.30. The van der Waals surface area contributed by atoms with Gasteiger partial charge in [-0.3, -0.25) is 4.40 Å². The minimum absolute atomic E-state index is 0.604. The first-order chi connectivity index (χ1) is 6.83. The van der Waals surface area contributed by atoms with Crippen molar-refractivity contribution in [2.24, 2.45) is 0 Å². The highest BCUT2D eigenvalue weighted by atomic mass is 16.5. The molecule has 2 heterocycles. The van der Waals surface area contributed by atoms with E-state index in [1.807, 2.05) is 23.6 Å². The van der Waals surface area contributed by atoms with Crippen LogP contribution >= 0.6 is 0 Å². The lowest BCUT2D eigenvalue weighted by Crippen LogP contribution is -1.95. The maximum Gasteiger partial charge on any atom is 0.234 e. The van der Waals surface area contributed by atoms with Crippen molar-refractivity contribution in [3.63, 3.8) is 0 Å². The van der Waals surface area contributed by atoms with Crippen LogP contribution in [-0.2, 0) is 4.74 Å². The molecule has 14 heavy (non-hydrogen) atoms. The van der Waals surface area contributed by atoms with Crippen LogP contribution in [0.2, 0.25) is 0 Å². The smallest absolute Gasteiger partial charge is 0.234 e. The third kappa shape index (κ3) is 1.35. The monoisotopic (exact) mass is 189 g/mol. The predicted molar refractivity (Wildman–Crippen MR) is 53.6 cm³/mol. The fraction of sp³-hybridized carbons (Fsp3) is 0.200. The van der Waals surface area contributed by atoms with E-state index in [9.17, 15) is 0 Å². The van der Waals surface area contributed by atoms with Gasteiger partial charge in [0.2, 0.25) is 5.78 Å². The molecule has 0 spiro atoms. The molecule has 2 aromatic rings. The fourth-order valence-corrected chi connectivity index (χ4v) is 1.28. The van der Waals surface area contributed by atoms with Crippen LogP contribution in [0.3, 0.4) is 0 Å². The van der Waals surface area contributed by atoms with Crippen molar-refractivity contribution in [2.45, 2.75) is 6.92 Å². The summed E-state index contributed by atoms with van der Waals surface area (Å²) in [5, 5.41) is 0. The number of rotatable bonds is 3. The molecular formula is C10H11N3O. The molecular weight excluding hydrogens is 178 g/mol. The average Bonchev–Trinajstić information content (AvgIpc) is 2.61. The van der Waals surface area contributed by atoms with Gasteiger partial charge < -0.3 is 4.74 Å². The maximum absolute atomic E-state index is 5.31. The first-order valence-corrected chi connectivity index (χ1v) is 4.43. The van der Waals surface area contributed by atoms with E-state index in [0.29, 0.717) is 18.1 Å². The van der Waals surface area contributed by atoms with Gasteiger partial charge in [0.15, 0.2) is 0 Å². The van der Waals surface area contributed by atoms with Crippen molar-refractivity contribution in [3.8, 4) is 0 Å². The topological polar surface area (TPSA) is 39.4 Å². The van der Waals surface area contributed by atoms with Gasteiger partial charge in [-0.1, -0.05) is 6.58 Å². The quantitative estimate of drug-likeness (QED) is 0.690. The summed E-state index contributed by atoms with van der Waals surface area (Å²) < 4.78 is 7.16. The standard InChI is InChI=1S/C10H11N3O/c1-3-14-8(2)9-7-12-10-11-5-4-6-13(9)10/h4-7H,2-3H2,1H3. The highest BCUT2D eigenvalue weighted by Gasteiger charge is 2.06. The number of aromatic nitrogens is 3. The van der Waals surface area contributed by atoms with Crippen molar-refractivity contribution < 1.29 is 4.74 Å². The molecule has 0 bridgehead atoms. The van der Waals surface area contributed by atoms with Gasteiger partial charge in [-0.2, -0.15) is 0 Å². The summed E-state index contributed by atoms with van der Waals surface area (Å²) >= 11 is 0. The van der Waals surface area contributed by atoms with Gasteiger partial charge in [0.25, 0.3) is 0 Å². The van der Waals surface area contributed by atoms with Crippen molar-refractivity contribution in [1.82, 2.24) is 14.4 Å². The van der Waals surface area contributed by atoms with Gasteiger partial charge in [-0.25, -0.2) is 9.97 Å². The molecule has 0 radical (unpaired) electrons. The van der Waals surface area contributed by atoms with E-state index < -0.39 is 0 Å². The second kappa shape index (κ2) is 3.49. The summed E-state index contributed by atoms with van der Waals surface area (Å²) in [4.78, 5) is 8.23. The number of hydrogen-bond acceptors (Lipinski definition) is 3. The molecule has 0 atom stereocenters. The Morgan fingerprint density at radius 3 is 3.21 bits per heavy atom. The van der Waals surface area contributed by atoms with E-state index in [4.69, 9.17) is 4.74 Å². The Labute approximate surface area is 81.9 Å². The minimum atomic E-state index is 0.604. The molecule has 0 unspecified atom stereocenters. The summed E-state index contributed by atoms with van der Waals surface area (Å²) in [7, 11) is 0. The summed E-state index contributed by atoms with van der Waals surface area (Å²) in [6.45, 7) is 6.35. The Morgan fingerprint density at radius 2 is 2.43 bits per heavy atom. The van der Waals surface area contributed by atoms with Gasteiger partial charge >= 0.3 is 0 Å². The van der Waals surface area contributed by atoms with Gasteiger partial charge in [0.1, 0.15) is 11.5 Å². The maximum atomic E-state index is 5.31. The fourth-order valence-electron chi connectivity index (χ4n) is 1.28. The van der Waals surface area contributed by atoms with Crippen molar-refractivity contribution >= 4 is 11.5 Å². The predicted octanol–water partition coefficient (Wildman–Crippen LogP) is 1.74. The van der Waals surface area contributed by atoms with Crippen LogP contribution < -0.4 is 0 Å². The molecule has 0 amide bonds. The normalized spacial score (nSPS) is 10.4. The zero-order valence-electron chi connectivity index (χ0n) is 7.97. The lowest BCUT2D eigenvalue weighted by Gasteiger charge is -2.05. The van der Waals surface area contributed by atoms with Crippen LogP contribution in [0.25, 0.3) is 11.5 Å². The molecule has 0 saturated heterocycles. The molecule has 0 aliphatic heterocycles. The second-order valence-electron chi connectivity index (χ2n) is 2.79. The molecule has 72 valence electrons. The SMILES string of the molecule is C=C(OCC)c1cnc2ncccn12. The molecule has 0 aromatic carbocycles. The van der Waals surface area contributed by atoms with E-state index in [0.717, 1.165) is 5.69 Å². The van der Waals surface area contributed by atoms with Gasteiger partial charge in [-0.15, -0.1) is 0 Å². The number of fused-ring (bicyclic) bond motifs is 1. The highest BCUT2D eigenvalue weighted by Crippen LogP contribution is 2.14. The van der Waals surface area contributed by atoms with E-state index in [1.54, 1.807) is 12.4 Å². The van der Waals surface area contributed by atoms with Gasteiger partial charge in [-0.05, 0) is 13.0 Å². The molecule has 0 fully saturated rings. The Balaban J connectivity index is 2.47. The van der Waals surface area contributed by atoms with Crippen LogP contribution in [0, 0.1) is 0 Å². The second-order valence-corrected chi connectivity index (χ2v) is 2.79. The van der Waals surface area contributed by atoms with Crippen LogP contribution in [0.15, 0.2) is 31.2 Å². The van der Waals surface area contributed by atoms with Crippen molar-refractivity contribution in [3.05, 3.63) is 36.9 Å². The largest absolute Gasteiger partial charge is 0.492 e. The third-order valence-corrected chi connectivity index (χ3v) is 1.89. The van der Waals surface area contributed by atoms with E-state index in [2.05, 4.69) is 16.5 Å². The summed E-state index contributed by atoms with van der Waals surface area (Å²) in [5.74, 6) is 1.27. The molecule has 4 heteroatoms. The molecule has 0 aliphatic carbocycles. The number of ether oxygens (including phenoxy) is 1. The molecule has 4 nitrogen and oxygen atoms in total. The van der Waals surface area contributed by atoms with Gasteiger partial charge in [0.05, 0.1) is 12.8 Å². The van der Waals surface area contributed by atoms with E-state index in [-0.39, 0.29) is 0 Å². The number of hydrogen-bond donors (Lipinski definition) is 0. The number of imidazole rings is 1. The van der Waals surface area contributed by atoms with Crippen LogP contribution in [0.5, 0.6) is 0 Å². The molecule has 2 rings (SSSR count). The highest BCUT2D eigenvalue weighted by molar-refractivity contribution is 5.56. The Kier molecular flexibility index (Phi) is 2.18. The lowest BCUT2D eigenvalue weighted by atomic mass is 10.4. The lowest BCUT2D eigenvalue weighted by molar-refractivity contribution is 0.297. The molecule has 2 aromatic heterocycles. The summed E-state index contributed by atoms with van der Waals surface area (Å²) in [5.41, 5.74) is 0.843. The Hall–Kier alpha value is -1.84. The zero-order valence-corrected chi connectivity index (χ0v) is 7.97. The molecule has 0 aliphatic rings. The third-order valence-electron chi connectivity index (χ3n) is 1.89. The van der Waals surface area contributed by atoms with Crippen LogP contribution in [-0.4, -0.2) is 21.0 Å². The van der Waals surface area contributed by atoms with Crippen LogP contribution in [0.1, 0.15) is 12.6 Å². The zero-order chi connectivity index (χ0) is 9.97. The average molecular weight is 189 g/mol. The van der Waals surface area contributed by atoms with E-state index >= 15 is 0 Å². The first kappa shape index (κ1) is 8.74. The summed E-state index contributed by atoms with van der Waals surface area (Å²) in [6, 6.07) is 1.84. The Morgan fingerprint density at radius 1 is 1.57 bits per heavy atom. The van der Waals surface area contributed by atoms with Crippen molar-refractivity contribution in [1.29, 1.82) is 0 Å². The van der Waals surface area contributed by atoms with Crippen LogP contribution in [0.4, 0.5) is 0 Å². The molecule has 0 saturated carbocycles. The van der Waals surface area contributed by atoms with E-state index in [1.165, 1.54) is 0 Å². The minimum Gasteiger partial charge on any atom is -0.492 e. The Bertz CT molecular complexity index is 461.